The summed E-state index contributed by atoms with van der Waals surface area (Å²) < 4.78 is 5.45. The number of ether oxygens (including phenoxy) is 1. The molecule has 2 aromatic carbocycles. The molecule has 0 fully saturated rings. The van der Waals surface area contributed by atoms with E-state index in [9.17, 15) is 4.79 Å². The van der Waals surface area contributed by atoms with E-state index >= 15 is 0 Å². The summed E-state index contributed by atoms with van der Waals surface area (Å²) >= 11 is 8.53. The molecule has 2 aromatic rings. The van der Waals surface area contributed by atoms with Gasteiger partial charge < -0.3 is 10.1 Å². The highest BCUT2D eigenvalue weighted by atomic mass is 79.9. The number of amides is 1. The van der Waals surface area contributed by atoms with Crippen LogP contribution < -0.4 is 10.6 Å². The summed E-state index contributed by atoms with van der Waals surface area (Å²) in [6, 6.07) is 15.1. The standard InChI is InChI=1S/C16H14BrN3O2S/c1-22-16(21)20-15(23)19-14-9-5-4-8-13(14)18-10-11-6-2-3-7-12(11)17/h2-10H,1H3,(H2,19,20,21,23). The first-order valence-corrected chi connectivity index (χ1v) is 7.84. The SMILES string of the molecule is COC(=O)NC(=S)Nc1ccccc1N=Cc1ccccc1Br. The molecule has 1 amide bonds. The number of anilines is 1. The Morgan fingerprint density at radius 2 is 1.91 bits per heavy atom. The molecule has 5 nitrogen and oxygen atoms in total. The van der Waals surface area contributed by atoms with Gasteiger partial charge in [0.05, 0.1) is 18.5 Å². The van der Waals surface area contributed by atoms with Crippen molar-refractivity contribution in [1.29, 1.82) is 0 Å². The highest BCUT2D eigenvalue weighted by Crippen LogP contribution is 2.24. The minimum Gasteiger partial charge on any atom is -0.453 e. The van der Waals surface area contributed by atoms with Gasteiger partial charge in [-0.1, -0.05) is 46.3 Å². The Morgan fingerprint density at radius 3 is 2.65 bits per heavy atom. The van der Waals surface area contributed by atoms with Crippen LogP contribution in [-0.4, -0.2) is 24.5 Å². The molecule has 2 rings (SSSR count). The van der Waals surface area contributed by atoms with Gasteiger partial charge >= 0.3 is 6.09 Å². The van der Waals surface area contributed by atoms with Crippen LogP contribution in [0.5, 0.6) is 0 Å². The molecule has 7 heteroatoms. The van der Waals surface area contributed by atoms with Gasteiger partial charge in [0, 0.05) is 16.3 Å². The number of nitrogens with one attached hydrogen (secondary N) is 2. The van der Waals surface area contributed by atoms with Gasteiger partial charge in [0.2, 0.25) is 0 Å². The largest absolute Gasteiger partial charge is 0.453 e. The summed E-state index contributed by atoms with van der Waals surface area (Å²) in [4.78, 5) is 15.6. The van der Waals surface area contributed by atoms with E-state index in [-0.39, 0.29) is 5.11 Å². The van der Waals surface area contributed by atoms with E-state index in [1.54, 1.807) is 6.21 Å². The van der Waals surface area contributed by atoms with Crippen LogP contribution in [-0.2, 0) is 4.74 Å². The van der Waals surface area contributed by atoms with Crippen molar-refractivity contribution in [3.05, 3.63) is 58.6 Å². The van der Waals surface area contributed by atoms with Crippen LogP contribution in [0.25, 0.3) is 0 Å². The molecular formula is C16H14BrN3O2S. The minimum absolute atomic E-state index is 0.139. The van der Waals surface area contributed by atoms with Crippen LogP contribution in [0.4, 0.5) is 16.2 Å². The molecule has 0 atom stereocenters. The molecule has 2 N–H and O–H groups in total. The Hall–Kier alpha value is -2.25. The quantitative estimate of drug-likeness (QED) is 0.606. The van der Waals surface area contributed by atoms with Gasteiger partial charge in [-0.2, -0.15) is 0 Å². The number of hydrogen-bond acceptors (Lipinski definition) is 4. The Bertz CT molecular complexity index is 750. The predicted molar refractivity (Wildman–Crippen MR) is 99.6 cm³/mol. The van der Waals surface area contributed by atoms with Gasteiger partial charge in [-0.05, 0) is 30.4 Å². The maximum Gasteiger partial charge on any atom is 0.413 e. The van der Waals surface area contributed by atoms with E-state index in [2.05, 4.69) is 36.3 Å². The van der Waals surface area contributed by atoms with Gasteiger partial charge in [0.15, 0.2) is 5.11 Å². The lowest BCUT2D eigenvalue weighted by atomic mass is 10.2. The third-order valence-corrected chi connectivity index (χ3v) is 3.73. The summed E-state index contributed by atoms with van der Waals surface area (Å²) in [5.41, 5.74) is 2.33. The number of carbonyl (C=O) groups excluding carboxylic acids is 1. The van der Waals surface area contributed by atoms with Crippen molar-refractivity contribution in [3.8, 4) is 0 Å². The van der Waals surface area contributed by atoms with Gasteiger partial charge in [0.25, 0.3) is 0 Å². The number of methoxy groups -OCH3 is 1. The monoisotopic (exact) mass is 391 g/mol. The van der Waals surface area contributed by atoms with Crippen LogP contribution >= 0.6 is 28.1 Å². The molecular weight excluding hydrogens is 378 g/mol. The summed E-state index contributed by atoms with van der Waals surface area (Å²) in [5, 5.41) is 5.45. The summed E-state index contributed by atoms with van der Waals surface area (Å²) in [6.45, 7) is 0. The zero-order valence-corrected chi connectivity index (χ0v) is 14.6. The van der Waals surface area contributed by atoms with Crippen LogP contribution in [0.1, 0.15) is 5.56 Å². The molecule has 0 aliphatic rings. The average Bonchev–Trinajstić information content (AvgIpc) is 2.55. The smallest absolute Gasteiger partial charge is 0.413 e. The first-order valence-electron chi connectivity index (χ1n) is 6.63. The number of halogens is 1. The number of aliphatic imine (C=N–C) groups is 1. The maximum atomic E-state index is 11.1. The number of benzene rings is 2. The van der Waals surface area contributed by atoms with Crippen LogP contribution in [0, 0.1) is 0 Å². The summed E-state index contributed by atoms with van der Waals surface area (Å²) in [7, 11) is 1.27. The first kappa shape index (κ1) is 17.1. The molecule has 0 bridgehead atoms. The lowest BCUT2D eigenvalue weighted by molar-refractivity contribution is 0.177. The molecule has 0 aromatic heterocycles. The van der Waals surface area contributed by atoms with E-state index in [1.165, 1.54) is 7.11 Å². The number of thiocarbonyl (C=S) groups is 1. The van der Waals surface area contributed by atoms with Crippen molar-refractivity contribution in [2.45, 2.75) is 0 Å². The van der Waals surface area contributed by atoms with Gasteiger partial charge in [-0.15, -0.1) is 0 Å². The lowest BCUT2D eigenvalue weighted by Gasteiger charge is -2.10. The van der Waals surface area contributed by atoms with E-state index in [1.807, 2.05) is 48.5 Å². The van der Waals surface area contributed by atoms with Crippen LogP contribution in [0.2, 0.25) is 0 Å². The Balaban J connectivity index is 2.16. The molecule has 0 saturated carbocycles. The second kappa shape index (κ2) is 8.40. The first-order chi connectivity index (χ1) is 11.1. The zero-order chi connectivity index (χ0) is 16.7. The van der Waals surface area contributed by atoms with Crippen LogP contribution in [0.3, 0.4) is 0 Å². The number of para-hydroxylation sites is 2. The predicted octanol–water partition coefficient (Wildman–Crippen LogP) is 4.25. The molecule has 0 aliphatic heterocycles. The second-order valence-electron chi connectivity index (χ2n) is 4.37. The molecule has 0 unspecified atom stereocenters. The van der Waals surface area contributed by atoms with E-state index in [0.29, 0.717) is 11.4 Å². The molecule has 0 spiro atoms. The maximum absolute atomic E-state index is 11.1. The van der Waals surface area contributed by atoms with Gasteiger partial charge in [-0.3, -0.25) is 10.3 Å². The molecule has 23 heavy (non-hydrogen) atoms. The summed E-state index contributed by atoms with van der Waals surface area (Å²) in [6.07, 6.45) is 1.12. The number of rotatable bonds is 3. The minimum atomic E-state index is -0.628. The molecule has 0 radical (unpaired) electrons. The third kappa shape index (κ3) is 5.15. The van der Waals surface area contributed by atoms with E-state index < -0.39 is 6.09 Å². The van der Waals surface area contributed by atoms with Crippen molar-refractivity contribution < 1.29 is 9.53 Å². The molecule has 0 aliphatic carbocycles. The van der Waals surface area contributed by atoms with Gasteiger partial charge in [0.1, 0.15) is 0 Å². The average molecular weight is 392 g/mol. The Morgan fingerprint density at radius 1 is 1.22 bits per heavy atom. The number of carbonyl (C=O) groups is 1. The van der Waals surface area contributed by atoms with Crippen LogP contribution in [0.15, 0.2) is 58.0 Å². The van der Waals surface area contributed by atoms with Crippen molar-refractivity contribution in [2.75, 3.05) is 12.4 Å². The fourth-order valence-corrected chi connectivity index (χ4v) is 2.29. The number of nitrogens with zero attached hydrogens (tertiary/aromatic N) is 1. The van der Waals surface area contributed by atoms with Crippen molar-refractivity contribution in [1.82, 2.24) is 5.32 Å². The Kier molecular flexibility index (Phi) is 6.25. The zero-order valence-electron chi connectivity index (χ0n) is 12.2. The fraction of sp³-hybridized carbons (Fsp3) is 0.0625. The Labute approximate surface area is 147 Å². The summed E-state index contributed by atoms with van der Waals surface area (Å²) in [5.74, 6) is 0. The highest BCUT2D eigenvalue weighted by molar-refractivity contribution is 9.10. The van der Waals surface area contributed by atoms with E-state index in [4.69, 9.17) is 12.2 Å². The number of alkyl carbamates (subject to hydrolysis) is 1. The molecule has 118 valence electrons. The normalized spacial score (nSPS) is 10.3. The van der Waals surface area contributed by atoms with Crippen molar-refractivity contribution in [2.24, 2.45) is 4.99 Å². The van der Waals surface area contributed by atoms with E-state index in [0.717, 1.165) is 10.0 Å². The molecule has 0 saturated heterocycles. The highest BCUT2D eigenvalue weighted by Gasteiger charge is 2.06. The third-order valence-electron chi connectivity index (χ3n) is 2.80. The molecule has 0 heterocycles. The van der Waals surface area contributed by atoms with Gasteiger partial charge in [-0.25, -0.2) is 4.79 Å². The van der Waals surface area contributed by atoms with Crippen molar-refractivity contribution >= 4 is 56.9 Å². The topological polar surface area (TPSA) is 62.7 Å². The van der Waals surface area contributed by atoms with Crippen molar-refractivity contribution in [3.63, 3.8) is 0 Å². The fourth-order valence-electron chi connectivity index (χ4n) is 1.71. The second-order valence-corrected chi connectivity index (χ2v) is 5.63. The number of hydrogen-bond donors (Lipinski definition) is 2. The lowest BCUT2D eigenvalue weighted by Crippen LogP contribution is -2.33.